The molecule has 0 unspecified atom stereocenters. The summed E-state index contributed by atoms with van der Waals surface area (Å²) in [4.78, 5) is 19.0. The third-order valence-corrected chi connectivity index (χ3v) is 2.27. The lowest BCUT2D eigenvalue weighted by Gasteiger charge is -2.09. The Morgan fingerprint density at radius 3 is 2.47 bits per heavy atom. The van der Waals surface area contributed by atoms with Crippen LogP contribution in [0, 0.1) is 0 Å². The van der Waals surface area contributed by atoms with Gasteiger partial charge in [-0.05, 0) is 18.2 Å². The summed E-state index contributed by atoms with van der Waals surface area (Å²) in [5.74, 6) is -0.570. The van der Waals surface area contributed by atoms with E-state index in [2.05, 4.69) is 15.3 Å². The highest BCUT2D eigenvalue weighted by Crippen LogP contribution is 2.30. The van der Waals surface area contributed by atoms with E-state index in [0.717, 1.165) is 12.1 Å². The first-order valence-corrected chi connectivity index (χ1v) is 5.20. The predicted octanol–water partition coefficient (Wildman–Crippen LogP) is 2.75. The molecule has 2 aromatic rings. The van der Waals surface area contributed by atoms with Crippen molar-refractivity contribution in [2.75, 3.05) is 5.32 Å². The van der Waals surface area contributed by atoms with E-state index in [1.165, 1.54) is 30.9 Å². The van der Waals surface area contributed by atoms with Gasteiger partial charge in [-0.15, -0.1) is 0 Å². The van der Waals surface area contributed by atoms with Gasteiger partial charge >= 0.3 is 6.18 Å². The number of halogens is 3. The summed E-state index contributed by atoms with van der Waals surface area (Å²) < 4.78 is 37.5. The second-order valence-electron chi connectivity index (χ2n) is 3.66. The van der Waals surface area contributed by atoms with Crippen molar-refractivity contribution in [1.29, 1.82) is 0 Å². The molecule has 0 radical (unpaired) electrons. The summed E-state index contributed by atoms with van der Waals surface area (Å²) in [5, 5.41) is 2.35. The van der Waals surface area contributed by atoms with Crippen LogP contribution in [0.2, 0.25) is 0 Å². The number of nitrogens with one attached hydrogen (secondary N) is 1. The largest absolute Gasteiger partial charge is 0.416 e. The van der Waals surface area contributed by atoms with Gasteiger partial charge in [0.2, 0.25) is 0 Å². The highest BCUT2D eigenvalue weighted by atomic mass is 19.4. The molecule has 4 nitrogen and oxygen atoms in total. The summed E-state index contributed by atoms with van der Waals surface area (Å²) in [6.45, 7) is 0. The third kappa shape index (κ3) is 3.27. The molecule has 1 N–H and O–H groups in total. The van der Waals surface area contributed by atoms with Gasteiger partial charge in [-0.1, -0.05) is 6.07 Å². The molecule has 1 aromatic carbocycles. The van der Waals surface area contributed by atoms with Crippen molar-refractivity contribution in [3.63, 3.8) is 0 Å². The van der Waals surface area contributed by atoms with Gasteiger partial charge in [0.15, 0.2) is 0 Å². The normalized spacial score (nSPS) is 11.1. The third-order valence-electron chi connectivity index (χ3n) is 2.27. The number of carbonyl (C=O) groups excluding carboxylic acids is 1. The molecular formula is C12H8F3N3O. The number of hydrogen-bond donors (Lipinski definition) is 1. The van der Waals surface area contributed by atoms with Crippen molar-refractivity contribution in [2.24, 2.45) is 0 Å². The number of alkyl halides is 3. The van der Waals surface area contributed by atoms with E-state index in [-0.39, 0.29) is 11.3 Å². The molecule has 0 fully saturated rings. The molecule has 1 heterocycles. The monoisotopic (exact) mass is 267 g/mol. The Bertz CT molecular complexity index is 584. The number of hydrogen-bond acceptors (Lipinski definition) is 3. The zero-order chi connectivity index (χ0) is 13.9. The smallest absolute Gasteiger partial charge is 0.322 e. The average Bonchev–Trinajstić information content (AvgIpc) is 2.39. The molecule has 0 atom stereocenters. The van der Waals surface area contributed by atoms with Crippen molar-refractivity contribution in [1.82, 2.24) is 9.97 Å². The maximum atomic E-state index is 12.5. The Morgan fingerprint density at radius 2 is 1.84 bits per heavy atom. The molecule has 0 spiro atoms. The lowest BCUT2D eigenvalue weighted by atomic mass is 10.2. The highest BCUT2D eigenvalue weighted by Gasteiger charge is 2.30. The van der Waals surface area contributed by atoms with Crippen LogP contribution < -0.4 is 5.32 Å². The van der Waals surface area contributed by atoms with Gasteiger partial charge in [0, 0.05) is 18.1 Å². The number of aromatic nitrogens is 2. The van der Waals surface area contributed by atoms with E-state index in [1.54, 1.807) is 0 Å². The molecule has 7 heteroatoms. The SMILES string of the molecule is O=C(Nc1cccc(C(F)(F)F)c1)c1cncnc1. The second-order valence-corrected chi connectivity index (χ2v) is 3.66. The van der Waals surface area contributed by atoms with Gasteiger partial charge < -0.3 is 5.32 Å². The number of amides is 1. The van der Waals surface area contributed by atoms with Gasteiger partial charge in [0.05, 0.1) is 11.1 Å². The lowest BCUT2D eigenvalue weighted by molar-refractivity contribution is -0.137. The standard InChI is InChI=1S/C12H8F3N3O/c13-12(14,15)9-2-1-3-10(4-9)18-11(19)8-5-16-7-17-6-8/h1-7H,(H,18,19). The summed E-state index contributed by atoms with van der Waals surface area (Å²) in [5.41, 5.74) is -0.599. The van der Waals surface area contributed by atoms with E-state index in [4.69, 9.17) is 0 Å². The van der Waals surface area contributed by atoms with Crippen molar-refractivity contribution in [3.8, 4) is 0 Å². The number of carbonyl (C=O) groups is 1. The van der Waals surface area contributed by atoms with E-state index >= 15 is 0 Å². The minimum Gasteiger partial charge on any atom is -0.322 e. The van der Waals surface area contributed by atoms with Crippen LogP contribution in [0.15, 0.2) is 43.0 Å². The minimum absolute atomic E-state index is 0.0590. The molecule has 1 amide bonds. The average molecular weight is 267 g/mol. The van der Waals surface area contributed by atoms with Gasteiger partial charge in [0.1, 0.15) is 6.33 Å². The fourth-order valence-electron chi connectivity index (χ4n) is 1.39. The van der Waals surface area contributed by atoms with Crippen LogP contribution in [0.5, 0.6) is 0 Å². The van der Waals surface area contributed by atoms with Crippen molar-refractivity contribution in [3.05, 3.63) is 54.1 Å². The van der Waals surface area contributed by atoms with Gasteiger partial charge in [0.25, 0.3) is 5.91 Å². The summed E-state index contributed by atoms with van der Waals surface area (Å²) >= 11 is 0. The van der Waals surface area contributed by atoms with Crippen molar-refractivity contribution in [2.45, 2.75) is 6.18 Å². The van der Waals surface area contributed by atoms with Crippen LogP contribution >= 0.6 is 0 Å². The quantitative estimate of drug-likeness (QED) is 0.910. The summed E-state index contributed by atoms with van der Waals surface area (Å²) in [7, 11) is 0. The molecule has 19 heavy (non-hydrogen) atoms. The van der Waals surface area contributed by atoms with Crippen LogP contribution in [0.25, 0.3) is 0 Å². The summed E-state index contributed by atoms with van der Waals surface area (Å²) in [6, 6.07) is 4.39. The minimum atomic E-state index is -4.45. The van der Waals surface area contributed by atoms with E-state index < -0.39 is 17.6 Å². The van der Waals surface area contributed by atoms with Crippen LogP contribution in [0.3, 0.4) is 0 Å². The second kappa shape index (κ2) is 5.05. The maximum Gasteiger partial charge on any atom is 0.416 e. The first-order valence-electron chi connectivity index (χ1n) is 5.20. The fourth-order valence-corrected chi connectivity index (χ4v) is 1.39. The fraction of sp³-hybridized carbons (Fsp3) is 0.0833. The Morgan fingerprint density at radius 1 is 1.16 bits per heavy atom. The van der Waals surface area contributed by atoms with Gasteiger partial charge in [-0.25, -0.2) is 9.97 Å². The molecule has 2 rings (SSSR count). The molecule has 0 saturated heterocycles. The molecule has 0 aliphatic rings. The number of nitrogens with zero attached hydrogens (tertiary/aromatic N) is 2. The lowest BCUT2D eigenvalue weighted by Crippen LogP contribution is -2.13. The Kier molecular flexibility index (Phi) is 3.46. The zero-order valence-electron chi connectivity index (χ0n) is 9.48. The molecule has 0 aliphatic heterocycles. The number of anilines is 1. The number of rotatable bonds is 2. The van der Waals surface area contributed by atoms with Crippen LogP contribution in [-0.2, 0) is 6.18 Å². The first-order chi connectivity index (χ1) is 8.97. The van der Waals surface area contributed by atoms with Crippen molar-refractivity contribution >= 4 is 11.6 Å². The Hall–Kier alpha value is -2.44. The molecule has 0 aliphatic carbocycles. The van der Waals surface area contributed by atoms with Gasteiger partial charge in [-0.2, -0.15) is 13.2 Å². The molecular weight excluding hydrogens is 259 g/mol. The first kappa shape index (κ1) is 13.0. The number of benzene rings is 1. The molecule has 0 saturated carbocycles. The maximum absolute atomic E-state index is 12.5. The van der Waals surface area contributed by atoms with E-state index in [0.29, 0.717) is 0 Å². The Labute approximate surface area is 106 Å². The predicted molar refractivity (Wildman–Crippen MR) is 61.4 cm³/mol. The van der Waals surface area contributed by atoms with Crippen LogP contribution in [0.4, 0.5) is 18.9 Å². The van der Waals surface area contributed by atoms with E-state index in [9.17, 15) is 18.0 Å². The van der Waals surface area contributed by atoms with E-state index in [1.807, 2.05) is 0 Å². The molecule has 1 aromatic heterocycles. The zero-order valence-corrected chi connectivity index (χ0v) is 9.48. The summed E-state index contributed by atoms with van der Waals surface area (Å²) in [6.07, 6.45) is -0.649. The van der Waals surface area contributed by atoms with Crippen molar-refractivity contribution < 1.29 is 18.0 Å². The molecule has 98 valence electrons. The molecule has 0 bridgehead atoms. The topological polar surface area (TPSA) is 54.9 Å². The van der Waals surface area contributed by atoms with Gasteiger partial charge in [-0.3, -0.25) is 4.79 Å². The van der Waals surface area contributed by atoms with Crippen LogP contribution in [-0.4, -0.2) is 15.9 Å². The highest BCUT2D eigenvalue weighted by molar-refractivity contribution is 6.03. The Balaban J connectivity index is 2.18. The van der Waals surface area contributed by atoms with Crippen LogP contribution in [0.1, 0.15) is 15.9 Å².